The second-order valence-corrected chi connectivity index (χ2v) is 7.31. The van der Waals surface area contributed by atoms with Crippen LogP contribution in [-0.2, 0) is 9.53 Å². The van der Waals surface area contributed by atoms with Crippen molar-refractivity contribution in [1.82, 2.24) is 9.55 Å². The summed E-state index contributed by atoms with van der Waals surface area (Å²) < 4.78 is 7.41. The number of benzene rings is 1. The molecule has 0 bridgehead atoms. The maximum atomic E-state index is 12.5. The number of esters is 1. The zero-order valence-electron chi connectivity index (χ0n) is 14.0. The first kappa shape index (κ1) is 20.1. The van der Waals surface area contributed by atoms with Gasteiger partial charge in [0.2, 0.25) is 0 Å². The molecule has 136 valence electrons. The van der Waals surface area contributed by atoms with E-state index in [1.165, 1.54) is 0 Å². The quantitative estimate of drug-likeness (QED) is 0.264. The summed E-state index contributed by atoms with van der Waals surface area (Å²) in [5, 5.41) is 0.141. The molecular formula is C18H22Cl2N2O2S. The van der Waals surface area contributed by atoms with E-state index in [9.17, 15) is 4.79 Å². The minimum Gasteiger partial charge on any atom is -0.453 e. The first-order chi connectivity index (χ1) is 12.0. The number of rotatable bonds is 9. The second kappa shape index (κ2) is 10.1. The van der Waals surface area contributed by atoms with Crippen LogP contribution in [0.2, 0.25) is 5.02 Å². The van der Waals surface area contributed by atoms with Gasteiger partial charge in [0.1, 0.15) is 5.50 Å². The van der Waals surface area contributed by atoms with Crippen molar-refractivity contribution in [3.63, 3.8) is 0 Å². The number of unbranched alkanes of at least 4 members (excludes halogenated alkanes) is 2. The molecule has 3 unspecified atom stereocenters. The van der Waals surface area contributed by atoms with Crippen molar-refractivity contribution in [3.8, 4) is 0 Å². The number of alkyl halides is 1. The zero-order valence-corrected chi connectivity index (χ0v) is 16.4. The Morgan fingerprint density at radius 3 is 2.64 bits per heavy atom. The van der Waals surface area contributed by atoms with Gasteiger partial charge in [0, 0.05) is 17.4 Å². The number of carbonyl (C=O) groups excluding carboxylic acids is 1. The summed E-state index contributed by atoms with van der Waals surface area (Å²) in [5.74, 6) is -0.370. The zero-order chi connectivity index (χ0) is 18.2. The Labute approximate surface area is 163 Å². The van der Waals surface area contributed by atoms with Crippen LogP contribution in [0.15, 0.2) is 43.0 Å². The van der Waals surface area contributed by atoms with E-state index in [1.807, 2.05) is 0 Å². The molecule has 0 spiro atoms. The number of nitrogens with zero attached hydrogens (tertiary/aromatic N) is 2. The van der Waals surface area contributed by atoms with E-state index in [0.29, 0.717) is 11.4 Å². The van der Waals surface area contributed by atoms with E-state index >= 15 is 0 Å². The van der Waals surface area contributed by atoms with Gasteiger partial charge in [0.05, 0.1) is 11.6 Å². The Morgan fingerprint density at radius 1 is 1.32 bits per heavy atom. The summed E-state index contributed by atoms with van der Waals surface area (Å²) in [6.45, 7) is 2.12. The van der Waals surface area contributed by atoms with Gasteiger partial charge in [-0.25, -0.2) is 4.98 Å². The Kier molecular flexibility index (Phi) is 8.13. The van der Waals surface area contributed by atoms with Crippen molar-refractivity contribution in [3.05, 3.63) is 53.6 Å². The highest BCUT2D eigenvalue weighted by molar-refractivity contribution is 7.81. The van der Waals surface area contributed by atoms with Crippen molar-refractivity contribution in [2.24, 2.45) is 0 Å². The molecule has 1 aromatic carbocycles. The molecule has 4 nitrogen and oxygen atoms in total. The van der Waals surface area contributed by atoms with Crippen LogP contribution in [0, 0.1) is 0 Å². The van der Waals surface area contributed by atoms with Gasteiger partial charge in [-0.1, -0.05) is 61.5 Å². The fraction of sp³-hybridized carbons (Fsp3) is 0.444. The van der Waals surface area contributed by atoms with Crippen molar-refractivity contribution in [1.29, 1.82) is 0 Å². The number of hydrogen-bond donors (Lipinski definition) is 1. The van der Waals surface area contributed by atoms with Crippen LogP contribution in [0.1, 0.15) is 49.8 Å². The predicted octanol–water partition coefficient (Wildman–Crippen LogP) is 5.44. The molecule has 7 heteroatoms. The van der Waals surface area contributed by atoms with Crippen molar-refractivity contribution >= 4 is 41.8 Å². The third-order valence-electron chi connectivity index (χ3n) is 3.85. The van der Waals surface area contributed by atoms with E-state index in [0.717, 1.165) is 24.8 Å². The van der Waals surface area contributed by atoms with Gasteiger partial charge in [0.15, 0.2) is 6.10 Å². The third-order valence-corrected chi connectivity index (χ3v) is 5.03. The van der Waals surface area contributed by atoms with Gasteiger partial charge in [-0.2, -0.15) is 12.6 Å². The molecule has 1 heterocycles. The summed E-state index contributed by atoms with van der Waals surface area (Å²) in [5.41, 5.74) is 0.143. The monoisotopic (exact) mass is 400 g/mol. The number of thiol groups is 1. The minimum absolute atomic E-state index is 0.370. The highest BCUT2D eigenvalue weighted by Gasteiger charge is 2.28. The van der Waals surface area contributed by atoms with E-state index in [1.54, 1.807) is 47.6 Å². The average molecular weight is 401 g/mol. The van der Waals surface area contributed by atoms with Gasteiger partial charge >= 0.3 is 5.97 Å². The van der Waals surface area contributed by atoms with Gasteiger partial charge in [-0.3, -0.25) is 4.79 Å². The molecule has 0 saturated carbocycles. The van der Waals surface area contributed by atoms with Crippen LogP contribution in [0.4, 0.5) is 0 Å². The minimum atomic E-state index is -0.665. The van der Waals surface area contributed by atoms with E-state index in [2.05, 4.69) is 24.5 Å². The highest BCUT2D eigenvalue weighted by atomic mass is 35.5. The molecular weight excluding hydrogens is 379 g/mol. The first-order valence-electron chi connectivity index (χ1n) is 8.28. The molecule has 0 radical (unpaired) electrons. The van der Waals surface area contributed by atoms with Crippen LogP contribution in [-0.4, -0.2) is 20.8 Å². The largest absolute Gasteiger partial charge is 0.453 e. The van der Waals surface area contributed by atoms with E-state index < -0.39 is 16.9 Å². The number of ether oxygens (including phenoxy) is 1. The lowest BCUT2D eigenvalue weighted by Crippen LogP contribution is -2.24. The molecule has 0 aliphatic heterocycles. The summed E-state index contributed by atoms with van der Waals surface area (Å²) in [6.07, 6.45) is 8.06. The smallest absolute Gasteiger partial charge is 0.319 e. The summed E-state index contributed by atoms with van der Waals surface area (Å²) in [6, 6.07) is 7.09. The molecule has 1 aromatic heterocycles. The molecule has 2 rings (SSSR count). The fourth-order valence-electron chi connectivity index (χ4n) is 2.42. The average Bonchev–Trinajstić information content (AvgIpc) is 3.14. The first-order valence-corrected chi connectivity index (χ1v) is 9.61. The topological polar surface area (TPSA) is 44.1 Å². The number of imidazole rings is 1. The third kappa shape index (κ3) is 5.94. The Morgan fingerprint density at radius 2 is 2.04 bits per heavy atom. The maximum Gasteiger partial charge on any atom is 0.319 e. The van der Waals surface area contributed by atoms with Gasteiger partial charge in [-0.05, 0) is 24.1 Å². The maximum absolute atomic E-state index is 12.5. The van der Waals surface area contributed by atoms with E-state index in [4.69, 9.17) is 27.9 Å². The molecule has 3 atom stereocenters. The molecule has 0 aliphatic carbocycles. The van der Waals surface area contributed by atoms with Crippen molar-refractivity contribution < 1.29 is 9.53 Å². The molecule has 0 fully saturated rings. The van der Waals surface area contributed by atoms with Crippen LogP contribution >= 0.6 is 35.8 Å². The van der Waals surface area contributed by atoms with Gasteiger partial charge < -0.3 is 9.30 Å². The number of aromatic nitrogens is 2. The number of halogens is 2. The van der Waals surface area contributed by atoms with Crippen LogP contribution in [0.3, 0.4) is 0 Å². The van der Waals surface area contributed by atoms with E-state index in [-0.39, 0.29) is 5.97 Å². The summed E-state index contributed by atoms with van der Waals surface area (Å²) in [7, 11) is 0. The number of hydrogen-bond acceptors (Lipinski definition) is 4. The second-order valence-electron chi connectivity index (χ2n) is 5.80. The lowest BCUT2D eigenvalue weighted by atomic mass is 10.1. The Hall–Kier alpha value is -1.17. The molecule has 25 heavy (non-hydrogen) atoms. The van der Waals surface area contributed by atoms with Crippen LogP contribution in [0.25, 0.3) is 0 Å². The Bertz CT molecular complexity index is 650. The molecule has 0 aliphatic rings. The lowest BCUT2D eigenvalue weighted by molar-refractivity contribution is -0.150. The summed E-state index contributed by atoms with van der Waals surface area (Å²) >= 11 is 16.9. The van der Waals surface area contributed by atoms with Crippen molar-refractivity contribution in [2.45, 2.75) is 49.5 Å². The van der Waals surface area contributed by atoms with Gasteiger partial charge in [0.25, 0.3) is 0 Å². The highest BCUT2D eigenvalue weighted by Crippen LogP contribution is 2.34. The molecule has 0 saturated heterocycles. The van der Waals surface area contributed by atoms with Crippen molar-refractivity contribution in [2.75, 3.05) is 0 Å². The van der Waals surface area contributed by atoms with Gasteiger partial charge in [-0.15, -0.1) is 0 Å². The molecule has 0 amide bonds. The number of carbonyl (C=O) groups is 1. The molecule has 2 aromatic rings. The lowest BCUT2D eigenvalue weighted by Gasteiger charge is -2.25. The standard InChI is InChI=1S/C18H22Cl2N2O2S/c1-2-3-4-5-15(25)18(23)24-16(13-6-8-14(19)9-7-13)17(20)22-11-10-21-12-22/h6-12,15-17,25H,2-5H2,1H3. The normalized spacial score (nSPS) is 14.7. The SMILES string of the molecule is CCCCCC(S)C(=O)OC(c1ccc(Cl)cc1)C(Cl)n1ccnc1. The molecule has 0 N–H and O–H groups in total. The van der Waals surface area contributed by atoms with Crippen LogP contribution in [0.5, 0.6) is 0 Å². The van der Waals surface area contributed by atoms with Crippen LogP contribution < -0.4 is 0 Å². The predicted molar refractivity (Wildman–Crippen MR) is 104 cm³/mol. The fourth-order valence-corrected chi connectivity index (χ4v) is 3.10. The Balaban J connectivity index is 2.14. The summed E-state index contributed by atoms with van der Waals surface area (Å²) in [4.78, 5) is 16.5.